The molecule has 5 nitrogen and oxygen atoms in total. The van der Waals surface area contributed by atoms with Crippen LogP contribution >= 0.6 is 0 Å². The van der Waals surface area contributed by atoms with Gasteiger partial charge in [-0.05, 0) is 45.1 Å². The van der Waals surface area contributed by atoms with Crippen molar-refractivity contribution in [2.45, 2.75) is 58.0 Å². The molecule has 1 aliphatic heterocycles. The first-order chi connectivity index (χ1) is 11.9. The molecule has 1 aromatic carbocycles. The molecule has 5 heteroatoms. The predicted molar refractivity (Wildman–Crippen MR) is 97.3 cm³/mol. The quantitative estimate of drug-likeness (QED) is 0.910. The van der Waals surface area contributed by atoms with E-state index in [1.54, 1.807) is 0 Å². The van der Waals surface area contributed by atoms with Gasteiger partial charge in [0.1, 0.15) is 5.60 Å². The SMILES string of the molecule is CC(C)(C)OC(=O)N1CCNCC1C1CC(OCc2ccccc2)C1. The molecular formula is C20H30N2O3. The van der Waals surface area contributed by atoms with Gasteiger partial charge >= 0.3 is 6.09 Å². The highest BCUT2D eigenvalue weighted by atomic mass is 16.6. The van der Waals surface area contributed by atoms with Crippen LogP contribution in [-0.2, 0) is 16.1 Å². The largest absolute Gasteiger partial charge is 0.444 e. The van der Waals surface area contributed by atoms with Crippen molar-refractivity contribution in [1.29, 1.82) is 0 Å². The standard InChI is InChI=1S/C20H30N2O3/c1-20(2,3)25-19(23)22-10-9-21-13-18(22)16-11-17(12-16)24-14-15-7-5-4-6-8-15/h4-8,16-18,21H,9-14H2,1-3H3. The van der Waals surface area contributed by atoms with E-state index in [1.165, 1.54) is 5.56 Å². The van der Waals surface area contributed by atoms with Crippen molar-refractivity contribution in [3.63, 3.8) is 0 Å². The van der Waals surface area contributed by atoms with Gasteiger partial charge < -0.3 is 19.7 Å². The van der Waals surface area contributed by atoms with E-state index in [4.69, 9.17) is 9.47 Å². The Labute approximate surface area is 150 Å². The fourth-order valence-electron chi connectivity index (χ4n) is 3.54. The van der Waals surface area contributed by atoms with Gasteiger partial charge in [-0.1, -0.05) is 30.3 Å². The predicted octanol–water partition coefficient (Wildman–Crippen LogP) is 3.19. The summed E-state index contributed by atoms with van der Waals surface area (Å²) in [6.45, 7) is 8.80. The molecule has 25 heavy (non-hydrogen) atoms. The molecule has 1 aromatic rings. The first-order valence-electron chi connectivity index (χ1n) is 9.28. The molecule has 2 fully saturated rings. The minimum Gasteiger partial charge on any atom is -0.444 e. The number of hydrogen-bond donors (Lipinski definition) is 1. The van der Waals surface area contributed by atoms with Gasteiger partial charge in [-0.15, -0.1) is 0 Å². The first kappa shape index (κ1) is 18.2. The van der Waals surface area contributed by atoms with Crippen molar-refractivity contribution < 1.29 is 14.3 Å². The second-order valence-electron chi connectivity index (χ2n) is 8.10. The molecule has 1 saturated carbocycles. The Balaban J connectivity index is 1.48. The van der Waals surface area contributed by atoms with E-state index < -0.39 is 5.60 Å². The highest BCUT2D eigenvalue weighted by molar-refractivity contribution is 5.68. The monoisotopic (exact) mass is 346 g/mol. The Hall–Kier alpha value is -1.59. The molecule has 0 bridgehead atoms. The van der Waals surface area contributed by atoms with Gasteiger partial charge in [0.15, 0.2) is 0 Å². The Kier molecular flexibility index (Phi) is 5.64. The van der Waals surface area contributed by atoms with Crippen LogP contribution in [0.4, 0.5) is 4.79 Å². The Bertz CT molecular complexity index is 564. The summed E-state index contributed by atoms with van der Waals surface area (Å²) in [6.07, 6.45) is 2.14. The molecule has 2 aliphatic rings. The smallest absolute Gasteiger partial charge is 0.410 e. The van der Waals surface area contributed by atoms with Crippen LogP contribution in [0.15, 0.2) is 30.3 Å². The third-order valence-corrected chi connectivity index (χ3v) is 4.92. The van der Waals surface area contributed by atoms with Crippen molar-refractivity contribution in [3.8, 4) is 0 Å². The second kappa shape index (κ2) is 7.75. The summed E-state index contributed by atoms with van der Waals surface area (Å²) in [4.78, 5) is 14.4. The third-order valence-electron chi connectivity index (χ3n) is 4.92. The molecule has 1 saturated heterocycles. The zero-order chi connectivity index (χ0) is 17.9. The number of carbonyl (C=O) groups excluding carboxylic acids is 1. The first-order valence-corrected chi connectivity index (χ1v) is 9.28. The zero-order valence-corrected chi connectivity index (χ0v) is 15.5. The van der Waals surface area contributed by atoms with E-state index in [9.17, 15) is 4.79 Å². The van der Waals surface area contributed by atoms with Gasteiger partial charge in [0.05, 0.1) is 18.8 Å². The maximum absolute atomic E-state index is 12.5. The highest BCUT2D eigenvalue weighted by Gasteiger charge is 2.42. The van der Waals surface area contributed by atoms with Crippen LogP contribution < -0.4 is 5.32 Å². The molecule has 0 radical (unpaired) electrons. The molecule has 1 N–H and O–H groups in total. The van der Waals surface area contributed by atoms with Crippen LogP contribution in [0.25, 0.3) is 0 Å². The summed E-state index contributed by atoms with van der Waals surface area (Å²) in [6, 6.07) is 10.5. The van der Waals surface area contributed by atoms with Gasteiger partial charge in [0, 0.05) is 19.6 Å². The average Bonchev–Trinajstić information content (AvgIpc) is 2.53. The number of hydrogen-bond acceptors (Lipinski definition) is 4. The summed E-state index contributed by atoms with van der Waals surface area (Å²) in [5, 5.41) is 3.41. The maximum Gasteiger partial charge on any atom is 0.410 e. The lowest BCUT2D eigenvalue weighted by molar-refractivity contribution is -0.0707. The lowest BCUT2D eigenvalue weighted by Crippen LogP contribution is -2.60. The number of piperazine rings is 1. The number of nitrogens with zero attached hydrogens (tertiary/aromatic N) is 1. The molecule has 138 valence electrons. The summed E-state index contributed by atoms with van der Waals surface area (Å²) < 4.78 is 11.6. The van der Waals surface area contributed by atoms with Crippen molar-refractivity contribution in [3.05, 3.63) is 35.9 Å². The fraction of sp³-hybridized carbons (Fsp3) is 0.650. The molecular weight excluding hydrogens is 316 g/mol. The summed E-state index contributed by atoms with van der Waals surface area (Å²) in [7, 11) is 0. The number of rotatable bonds is 4. The minimum absolute atomic E-state index is 0.187. The van der Waals surface area contributed by atoms with Crippen LogP contribution in [0.1, 0.15) is 39.2 Å². The average molecular weight is 346 g/mol. The lowest BCUT2D eigenvalue weighted by Gasteiger charge is -2.47. The molecule has 1 unspecified atom stereocenters. The van der Waals surface area contributed by atoms with E-state index in [0.29, 0.717) is 25.2 Å². The topological polar surface area (TPSA) is 50.8 Å². The van der Waals surface area contributed by atoms with E-state index in [1.807, 2.05) is 43.9 Å². The maximum atomic E-state index is 12.5. The summed E-state index contributed by atoms with van der Waals surface area (Å²) in [5.74, 6) is 0.487. The van der Waals surface area contributed by atoms with E-state index in [-0.39, 0.29) is 12.1 Å². The Morgan fingerprint density at radius 3 is 2.64 bits per heavy atom. The van der Waals surface area contributed by atoms with Crippen molar-refractivity contribution in [2.24, 2.45) is 5.92 Å². The van der Waals surface area contributed by atoms with Crippen LogP contribution in [-0.4, -0.2) is 48.4 Å². The van der Waals surface area contributed by atoms with Gasteiger partial charge in [-0.25, -0.2) is 4.79 Å². The molecule has 1 atom stereocenters. The molecule has 3 rings (SSSR count). The highest BCUT2D eigenvalue weighted by Crippen LogP contribution is 2.36. The fourth-order valence-corrected chi connectivity index (χ4v) is 3.54. The zero-order valence-electron chi connectivity index (χ0n) is 15.5. The Morgan fingerprint density at radius 2 is 1.96 bits per heavy atom. The molecule has 1 amide bonds. The number of benzene rings is 1. The normalized spacial score (nSPS) is 26.8. The van der Waals surface area contributed by atoms with Crippen molar-refractivity contribution >= 4 is 6.09 Å². The Morgan fingerprint density at radius 1 is 1.24 bits per heavy atom. The number of amides is 1. The van der Waals surface area contributed by atoms with E-state index in [2.05, 4.69) is 17.4 Å². The number of ether oxygens (including phenoxy) is 2. The lowest BCUT2D eigenvalue weighted by atomic mass is 9.76. The van der Waals surface area contributed by atoms with E-state index in [0.717, 1.165) is 25.9 Å². The van der Waals surface area contributed by atoms with E-state index >= 15 is 0 Å². The van der Waals surface area contributed by atoms with Crippen LogP contribution in [0.5, 0.6) is 0 Å². The molecule has 1 aliphatic carbocycles. The van der Waals surface area contributed by atoms with Crippen molar-refractivity contribution in [2.75, 3.05) is 19.6 Å². The van der Waals surface area contributed by atoms with Crippen LogP contribution in [0.3, 0.4) is 0 Å². The third kappa shape index (κ3) is 4.95. The molecule has 1 heterocycles. The van der Waals surface area contributed by atoms with Crippen LogP contribution in [0, 0.1) is 5.92 Å². The number of carbonyl (C=O) groups is 1. The second-order valence-corrected chi connectivity index (χ2v) is 8.10. The van der Waals surface area contributed by atoms with Gasteiger partial charge in [0.2, 0.25) is 0 Å². The summed E-state index contributed by atoms with van der Waals surface area (Å²) in [5.41, 5.74) is 0.758. The summed E-state index contributed by atoms with van der Waals surface area (Å²) >= 11 is 0. The molecule has 0 spiro atoms. The van der Waals surface area contributed by atoms with Gasteiger partial charge in [-0.3, -0.25) is 0 Å². The molecule has 0 aromatic heterocycles. The van der Waals surface area contributed by atoms with Crippen molar-refractivity contribution in [1.82, 2.24) is 10.2 Å². The van der Waals surface area contributed by atoms with Crippen LogP contribution in [0.2, 0.25) is 0 Å². The minimum atomic E-state index is -0.451. The van der Waals surface area contributed by atoms with Gasteiger partial charge in [-0.2, -0.15) is 0 Å². The van der Waals surface area contributed by atoms with Gasteiger partial charge in [0.25, 0.3) is 0 Å². The number of nitrogens with one attached hydrogen (secondary N) is 1.